The molecule has 0 aliphatic rings. The Morgan fingerprint density at radius 3 is 0.602 bits per heavy atom. The summed E-state index contributed by atoms with van der Waals surface area (Å²) in [7, 11) is -9.91. The first-order valence-electron chi connectivity index (χ1n) is 41.3. The summed E-state index contributed by atoms with van der Waals surface area (Å²) in [6.45, 7) is 5.00. The number of carbonyl (C=O) groups is 4. The molecule has 5 atom stereocenters. The van der Waals surface area contributed by atoms with Crippen molar-refractivity contribution in [2.75, 3.05) is 39.6 Å². The lowest BCUT2D eigenvalue weighted by Gasteiger charge is -2.21. The smallest absolute Gasteiger partial charge is 0.462 e. The zero-order valence-corrected chi connectivity index (χ0v) is 65.6. The highest BCUT2D eigenvalue weighted by atomic mass is 31.2. The highest BCUT2D eigenvalue weighted by Crippen LogP contribution is 2.45. The minimum Gasteiger partial charge on any atom is -0.462 e. The molecule has 0 saturated carbocycles. The van der Waals surface area contributed by atoms with Gasteiger partial charge in [0.2, 0.25) is 0 Å². The van der Waals surface area contributed by atoms with Crippen LogP contribution >= 0.6 is 15.6 Å². The molecule has 582 valence electrons. The number of rotatable bonds is 80. The number of carbonyl (C=O) groups excluding carboxylic acids is 4. The van der Waals surface area contributed by atoms with E-state index in [4.69, 9.17) is 37.0 Å². The number of phosphoric acid groups is 2. The Hall–Kier alpha value is -1.94. The quantitative estimate of drug-likeness (QED) is 0.0222. The number of phosphoric ester groups is 2. The van der Waals surface area contributed by atoms with Crippen LogP contribution in [-0.2, 0) is 65.4 Å². The minimum atomic E-state index is -4.96. The Morgan fingerprint density at radius 1 is 0.245 bits per heavy atom. The van der Waals surface area contributed by atoms with E-state index in [1.54, 1.807) is 0 Å². The summed E-state index contributed by atoms with van der Waals surface area (Å²) in [5.74, 6) is -2.11. The van der Waals surface area contributed by atoms with Crippen LogP contribution in [-0.4, -0.2) is 96.7 Å². The molecule has 0 amide bonds. The van der Waals surface area contributed by atoms with Gasteiger partial charge in [-0.3, -0.25) is 37.3 Å². The molecule has 0 fully saturated rings. The summed E-state index contributed by atoms with van der Waals surface area (Å²) < 4.78 is 68.6. The minimum absolute atomic E-state index is 0.109. The number of unbranched alkanes of at least 4 members (excludes halogenated alkanes) is 54. The molecule has 0 radical (unpaired) electrons. The van der Waals surface area contributed by atoms with Gasteiger partial charge in [0, 0.05) is 25.7 Å². The second-order valence-corrected chi connectivity index (χ2v) is 31.4. The third kappa shape index (κ3) is 72.4. The van der Waals surface area contributed by atoms with Gasteiger partial charge < -0.3 is 33.8 Å². The van der Waals surface area contributed by atoms with Gasteiger partial charge in [-0.25, -0.2) is 9.13 Å². The fourth-order valence-electron chi connectivity index (χ4n) is 12.3. The molecule has 0 saturated heterocycles. The predicted molar refractivity (Wildman–Crippen MR) is 400 cm³/mol. The number of aliphatic hydroxyl groups is 1. The predicted octanol–water partition coefficient (Wildman–Crippen LogP) is 23.8. The van der Waals surface area contributed by atoms with Crippen molar-refractivity contribution in [3.63, 3.8) is 0 Å². The molecule has 0 rings (SSSR count). The van der Waals surface area contributed by atoms with Gasteiger partial charge in [0.05, 0.1) is 26.4 Å². The zero-order valence-electron chi connectivity index (χ0n) is 63.8. The third-order valence-corrected chi connectivity index (χ3v) is 20.5. The van der Waals surface area contributed by atoms with Crippen molar-refractivity contribution in [3.05, 3.63) is 0 Å². The van der Waals surface area contributed by atoms with Crippen molar-refractivity contribution >= 4 is 39.5 Å². The normalized spacial score (nSPS) is 13.8. The lowest BCUT2D eigenvalue weighted by atomic mass is 10.0. The summed E-state index contributed by atoms with van der Waals surface area (Å²) in [6.07, 6.45) is 65.2. The monoisotopic (exact) mass is 1440 g/mol. The van der Waals surface area contributed by atoms with Gasteiger partial charge >= 0.3 is 39.5 Å². The van der Waals surface area contributed by atoms with Crippen LogP contribution in [0.3, 0.4) is 0 Å². The van der Waals surface area contributed by atoms with E-state index in [1.165, 1.54) is 257 Å². The van der Waals surface area contributed by atoms with Gasteiger partial charge in [-0.05, 0) is 25.7 Å². The molecule has 2 unspecified atom stereocenters. The van der Waals surface area contributed by atoms with Crippen LogP contribution in [0.15, 0.2) is 0 Å². The van der Waals surface area contributed by atoms with Crippen molar-refractivity contribution in [2.45, 2.75) is 444 Å². The number of hydrogen-bond acceptors (Lipinski definition) is 15. The second kappa shape index (κ2) is 73.4. The van der Waals surface area contributed by atoms with E-state index in [-0.39, 0.29) is 25.7 Å². The first-order valence-corrected chi connectivity index (χ1v) is 44.3. The highest BCUT2D eigenvalue weighted by Gasteiger charge is 2.30. The van der Waals surface area contributed by atoms with Crippen LogP contribution in [0.2, 0.25) is 0 Å². The maximum Gasteiger partial charge on any atom is 0.472 e. The lowest BCUT2D eigenvalue weighted by molar-refractivity contribution is -0.161. The van der Waals surface area contributed by atoms with Gasteiger partial charge in [0.1, 0.15) is 19.3 Å². The molecular formula is C79H154O17P2. The number of hydrogen-bond donors (Lipinski definition) is 3. The van der Waals surface area contributed by atoms with Crippen LogP contribution in [0.4, 0.5) is 0 Å². The highest BCUT2D eigenvalue weighted by molar-refractivity contribution is 7.47. The Labute approximate surface area is 600 Å². The number of esters is 4. The van der Waals surface area contributed by atoms with Crippen molar-refractivity contribution in [3.8, 4) is 0 Å². The van der Waals surface area contributed by atoms with Crippen LogP contribution in [0.5, 0.6) is 0 Å². The Kier molecular flexibility index (Phi) is 71.9. The average Bonchev–Trinajstić information content (AvgIpc) is 0.992. The molecule has 3 N–H and O–H groups in total. The first kappa shape index (κ1) is 96.1. The summed E-state index contributed by atoms with van der Waals surface area (Å²) in [6, 6.07) is 0. The van der Waals surface area contributed by atoms with Crippen molar-refractivity contribution in [1.29, 1.82) is 0 Å². The topological polar surface area (TPSA) is 237 Å². The molecule has 0 spiro atoms. The molecule has 0 aliphatic carbocycles. The van der Waals surface area contributed by atoms with E-state index in [9.17, 15) is 43.2 Å². The molecule has 0 bridgehead atoms. The van der Waals surface area contributed by atoms with Crippen molar-refractivity contribution in [2.24, 2.45) is 0 Å². The molecule has 0 aromatic heterocycles. The maximum atomic E-state index is 13.1. The van der Waals surface area contributed by atoms with Gasteiger partial charge in [-0.1, -0.05) is 374 Å². The van der Waals surface area contributed by atoms with Gasteiger partial charge in [-0.2, -0.15) is 0 Å². The van der Waals surface area contributed by atoms with Gasteiger partial charge in [-0.15, -0.1) is 0 Å². The van der Waals surface area contributed by atoms with Crippen LogP contribution in [0.1, 0.15) is 426 Å². The van der Waals surface area contributed by atoms with Crippen molar-refractivity contribution < 1.29 is 80.2 Å². The SMILES string of the molecule is CCCCCCCCCCCCCCCCCCCC(=O)OC[C@H](COP(=O)(O)OC[C@@H](O)COP(=O)(O)OC[C@@H](COC(=O)CCCCCCCCCC)OC(=O)CCCCCCCCCCCCCCCCCC)OC(=O)CCCCCCCCCCCCCCCCCCC. The van der Waals surface area contributed by atoms with E-state index in [2.05, 4.69) is 27.7 Å². The maximum absolute atomic E-state index is 13.1. The molecule has 0 aromatic rings. The van der Waals surface area contributed by atoms with Crippen molar-refractivity contribution in [1.82, 2.24) is 0 Å². The molecule has 17 nitrogen and oxygen atoms in total. The Bertz CT molecular complexity index is 1860. The molecule has 0 aromatic carbocycles. The van der Waals surface area contributed by atoms with Gasteiger partial charge in [0.15, 0.2) is 12.2 Å². The van der Waals surface area contributed by atoms with E-state index in [0.29, 0.717) is 25.7 Å². The fourth-order valence-corrected chi connectivity index (χ4v) is 13.9. The standard InChI is InChI=1S/C79H154O17P2/c1-5-9-13-17-21-25-28-31-34-37-40-42-45-48-52-56-60-64-77(82)90-70-75(96-79(84)66-62-58-54-50-47-44-41-38-35-32-29-26-22-18-14-10-6-2)72-94-98(87,88)92-68-73(80)67-91-97(85,86)93-71-74(69-89-76(81)63-59-55-51-24-20-16-12-8-4)95-78(83)65-61-57-53-49-46-43-39-36-33-30-27-23-19-15-11-7-3/h73-75,80H,5-72H2,1-4H3,(H,85,86)(H,87,88)/t73-,74+,75+/m0/s1. The largest absolute Gasteiger partial charge is 0.472 e. The average molecular weight is 1440 g/mol. The van der Waals surface area contributed by atoms with E-state index >= 15 is 0 Å². The molecule has 0 aliphatic heterocycles. The Morgan fingerprint density at radius 2 is 0.408 bits per heavy atom. The van der Waals surface area contributed by atoms with Crippen LogP contribution < -0.4 is 0 Å². The lowest BCUT2D eigenvalue weighted by Crippen LogP contribution is -2.30. The van der Waals surface area contributed by atoms with Gasteiger partial charge in [0.25, 0.3) is 0 Å². The molecule has 98 heavy (non-hydrogen) atoms. The second-order valence-electron chi connectivity index (χ2n) is 28.5. The first-order chi connectivity index (χ1) is 47.7. The van der Waals surface area contributed by atoms with E-state index < -0.39 is 97.5 Å². The Balaban J connectivity index is 5.20. The summed E-state index contributed by atoms with van der Waals surface area (Å²) >= 11 is 0. The number of aliphatic hydroxyl groups excluding tert-OH is 1. The molecule has 19 heteroatoms. The van der Waals surface area contributed by atoms with E-state index in [1.807, 2.05) is 0 Å². The van der Waals surface area contributed by atoms with E-state index in [0.717, 1.165) is 89.9 Å². The summed E-state index contributed by atoms with van der Waals surface area (Å²) in [5.41, 5.74) is 0. The zero-order chi connectivity index (χ0) is 71.8. The summed E-state index contributed by atoms with van der Waals surface area (Å²) in [5, 5.41) is 10.6. The number of ether oxygens (including phenoxy) is 4. The molecule has 0 heterocycles. The third-order valence-electron chi connectivity index (χ3n) is 18.6. The molecular weight excluding hydrogens is 1280 g/mol. The fraction of sp³-hybridized carbons (Fsp3) is 0.949. The van der Waals surface area contributed by atoms with Crippen LogP contribution in [0, 0.1) is 0 Å². The van der Waals surface area contributed by atoms with Crippen LogP contribution in [0.25, 0.3) is 0 Å². The summed E-state index contributed by atoms with van der Waals surface area (Å²) in [4.78, 5) is 72.9.